The monoisotopic (exact) mass is 588 g/mol. The molecular formula is C32H30F2N4O5. The minimum atomic E-state index is -1.36. The van der Waals surface area contributed by atoms with Crippen LogP contribution >= 0.6 is 0 Å². The van der Waals surface area contributed by atoms with E-state index in [0.717, 1.165) is 16.7 Å². The number of hydrogen-bond acceptors (Lipinski definition) is 7. The van der Waals surface area contributed by atoms with Crippen LogP contribution in [0.5, 0.6) is 23.3 Å². The standard InChI is InChI=1S/C32H30F2N4O5/c1-19-9-10-24(32(40)41)25(15-19)43-30-28(34)26(31(39)38-13-11-37(2)12-14-38)27(33)29(36-30)42-23-8-4-7-22(17-23)21-6-3-5-20(16-21)18-35/h3-10,15-17H,11-14,18,35H2,1-2H3,(H,40,41). The van der Waals surface area contributed by atoms with Gasteiger partial charge in [-0.25, -0.2) is 4.79 Å². The van der Waals surface area contributed by atoms with E-state index in [1.165, 1.54) is 17.0 Å². The fourth-order valence-corrected chi connectivity index (χ4v) is 4.71. The van der Waals surface area contributed by atoms with Crippen LogP contribution in [0.1, 0.15) is 31.8 Å². The molecule has 0 aliphatic carbocycles. The molecule has 3 aromatic carbocycles. The van der Waals surface area contributed by atoms with E-state index in [1.807, 2.05) is 42.3 Å². The van der Waals surface area contributed by atoms with Crippen LogP contribution in [0.3, 0.4) is 0 Å². The maximum Gasteiger partial charge on any atom is 0.339 e. The van der Waals surface area contributed by atoms with Crippen LogP contribution in [0.2, 0.25) is 0 Å². The number of amides is 1. The Bertz CT molecular complexity index is 1690. The summed E-state index contributed by atoms with van der Waals surface area (Å²) in [7, 11) is 1.88. The predicted octanol–water partition coefficient (Wildman–Crippen LogP) is 5.46. The lowest BCUT2D eigenvalue weighted by molar-refractivity contribution is 0.0649. The highest BCUT2D eigenvalue weighted by Crippen LogP contribution is 2.36. The van der Waals surface area contributed by atoms with Crippen LogP contribution in [-0.4, -0.2) is 65.0 Å². The largest absolute Gasteiger partial charge is 0.478 e. The average Bonchev–Trinajstić information content (AvgIpc) is 3.00. The van der Waals surface area contributed by atoms with Gasteiger partial charge in [-0.1, -0.05) is 36.4 Å². The van der Waals surface area contributed by atoms with Crippen LogP contribution in [0.15, 0.2) is 66.7 Å². The normalized spacial score (nSPS) is 13.6. The number of ether oxygens (including phenoxy) is 2. The molecule has 0 atom stereocenters. The van der Waals surface area contributed by atoms with Gasteiger partial charge >= 0.3 is 5.97 Å². The summed E-state index contributed by atoms with van der Waals surface area (Å²) in [5.41, 5.74) is 7.74. The number of piperazine rings is 1. The molecule has 3 N–H and O–H groups in total. The number of halogens is 2. The fraction of sp³-hybridized carbons (Fsp3) is 0.219. The van der Waals surface area contributed by atoms with Crippen LogP contribution in [-0.2, 0) is 6.54 Å². The van der Waals surface area contributed by atoms with Crippen molar-refractivity contribution in [3.05, 3.63) is 101 Å². The summed E-state index contributed by atoms with van der Waals surface area (Å²) in [5.74, 6) is -6.44. The molecule has 0 bridgehead atoms. The second-order valence-corrected chi connectivity index (χ2v) is 10.3. The number of aromatic nitrogens is 1. The van der Waals surface area contributed by atoms with Crippen LogP contribution in [0, 0.1) is 18.6 Å². The molecule has 0 spiro atoms. The second kappa shape index (κ2) is 12.6. The number of pyridine rings is 1. The number of aromatic carboxylic acids is 1. The maximum atomic E-state index is 16.0. The average molecular weight is 589 g/mol. The highest BCUT2D eigenvalue weighted by molar-refractivity contribution is 5.96. The number of carboxylic acids is 1. The number of carbonyl (C=O) groups excluding carboxylic acids is 1. The van der Waals surface area contributed by atoms with Crippen molar-refractivity contribution < 1.29 is 33.0 Å². The molecule has 1 amide bonds. The molecule has 0 saturated carbocycles. The number of carboxylic acid groups (broad SMARTS) is 1. The molecule has 0 radical (unpaired) electrons. The van der Waals surface area contributed by atoms with E-state index in [-0.39, 0.29) is 30.2 Å². The Morgan fingerprint density at radius 2 is 1.56 bits per heavy atom. The zero-order chi connectivity index (χ0) is 30.7. The van der Waals surface area contributed by atoms with Crippen molar-refractivity contribution in [2.45, 2.75) is 13.5 Å². The smallest absolute Gasteiger partial charge is 0.339 e. The van der Waals surface area contributed by atoms with E-state index in [4.69, 9.17) is 15.2 Å². The number of rotatable bonds is 8. The highest BCUT2D eigenvalue weighted by Gasteiger charge is 2.32. The summed E-state index contributed by atoms with van der Waals surface area (Å²) in [4.78, 5) is 32.6. The predicted molar refractivity (Wildman–Crippen MR) is 156 cm³/mol. The van der Waals surface area contributed by atoms with Gasteiger partial charge in [0.25, 0.3) is 17.7 Å². The molecule has 1 saturated heterocycles. The van der Waals surface area contributed by atoms with Crippen molar-refractivity contribution in [2.75, 3.05) is 33.2 Å². The Morgan fingerprint density at radius 1 is 0.907 bits per heavy atom. The minimum absolute atomic E-state index is 0.166. The van der Waals surface area contributed by atoms with Crippen molar-refractivity contribution in [2.24, 2.45) is 5.73 Å². The minimum Gasteiger partial charge on any atom is -0.478 e. The van der Waals surface area contributed by atoms with Gasteiger partial charge in [0, 0.05) is 32.7 Å². The number of carbonyl (C=O) groups is 2. The number of aryl methyl sites for hydroxylation is 1. The molecule has 4 aromatic rings. The van der Waals surface area contributed by atoms with Crippen LogP contribution in [0.4, 0.5) is 8.78 Å². The van der Waals surface area contributed by atoms with Gasteiger partial charge in [0.1, 0.15) is 22.6 Å². The highest BCUT2D eigenvalue weighted by atomic mass is 19.1. The van der Waals surface area contributed by atoms with Crippen LogP contribution < -0.4 is 15.2 Å². The zero-order valence-corrected chi connectivity index (χ0v) is 23.6. The Hall–Kier alpha value is -4.87. The van der Waals surface area contributed by atoms with E-state index in [2.05, 4.69) is 4.98 Å². The Morgan fingerprint density at radius 3 is 2.23 bits per heavy atom. The van der Waals surface area contributed by atoms with Gasteiger partial charge in [0.15, 0.2) is 0 Å². The topological polar surface area (TPSA) is 118 Å². The third kappa shape index (κ3) is 6.47. The first-order chi connectivity index (χ1) is 20.6. The van der Waals surface area contributed by atoms with E-state index >= 15 is 8.78 Å². The molecule has 222 valence electrons. The molecule has 2 heterocycles. The molecule has 1 aromatic heterocycles. The van der Waals surface area contributed by atoms with Gasteiger partial charge < -0.3 is 30.1 Å². The first-order valence-electron chi connectivity index (χ1n) is 13.6. The van der Waals surface area contributed by atoms with Gasteiger partial charge in [0.05, 0.1) is 0 Å². The third-order valence-corrected chi connectivity index (χ3v) is 7.14. The van der Waals surface area contributed by atoms with Crippen molar-refractivity contribution in [3.63, 3.8) is 0 Å². The number of likely N-dealkylation sites (N-methyl/N-ethyl adjacent to an activating group) is 1. The zero-order valence-electron chi connectivity index (χ0n) is 23.6. The number of nitrogens with two attached hydrogens (primary N) is 1. The number of nitrogens with zero attached hydrogens (tertiary/aromatic N) is 3. The third-order valence-electron chi connectivity index (χ3n) is 7.14. The first kappa shape index (κ1) is 29.6. The molecule has 1 aliphatic rings. The Balaban J connectivity index is 1.58. The summed E-state index contributed by atoms with van der Waals surface area (Å²) < 4.78 is 43.3. The Kier molecular flexibility index (Phi) is 8.65. The second-order valence-electron chi connectivity index (χ2n) is 10.3. The maximum absolute atomic E-state index is 16.0. The van der Waals surface area contributed by atoms with Crippen molar-refractivity contribution >= 4 is 11.9 Å². The number of benzene rings is 3. The lowest BCUT2D eigenvalue weighted by Crippen LogP contribution is -2.47. The number of hydrogen-bond donors (Lipinski definition) is 2. The van der Waals surface area contributed by atoms with Crippen LogP contribution in [0.25, 0.3) is 11.1 Å². The lowest BCUT2D eigenvalue weighted by Gasteiger charge is -2.32. The lowest BCUT2D eigenvalue weighted by atomic mass is 10.0. The van der Waals surface area contributed by atoms with Gasteiger partial charge in [-0.05, 0) is 66.6 Å². The van der Waals surface area contributed by atoms with Crippen molar-refractivity contribution in [1.82, 2.24) is 14.8 Å². The molecule has 11 heteroatoms. The van der Waals surface area contributed by atoms with Crippen molar-refractivity contribution in [3.8, 4) is 34.4 Å². The SMILES string of the molecule is Cc1ccc(C(=O)O)c(Oc2nc(Oc3cccc(-c4cccc(CN)c4)c3)c(F)c(C(=O)N3CCN(C)CC3)c2F)c1. The van der Waals surface area contributed by atoms with E-state index in [1.54, 1.807) is 31.2 Å². The summed E-state index contributed by atoms with van der Waals surface area (Å²) in [6, 6.07) is 18.5. The summed E-state index contributed by atoms with van der Waals surface area (Å²) in [5, 5.41) is 9.63. The van der Waals surface area contributed by atoms with Crippen molar-refractivity contribution in [1.29, 1.82) is 0 Å². The molecule has 0 unspecified atom stereocenters. The van der Waals surface area contributed by atoms with E-state index < -0.39 is 40.8 Å². The first-order valence-corrected chi connectivity index (χ1v) is 13.6. The summed E-state index contributed by atoms with van der Waals surface area (Å²) >= 11 is 0. The van der Waals surface area contributed by atoms with Gasteiger partial charge in [-0.3, -0.25) is 4.79 Å². The quantitative estimate of drug-likeness (QED) is 0.279. The molecule has 1 fully saturated rings. The fourth-order valence-electron chi connectivity index (χ4n) is 4.71. The van der Waals surface area contributed by atoms with Gasteiger partial charge in [-0.15, -0.1) is 0 Å². The molecule has 9 nitrogen and oxygen atoms in total. The molecule has 43 heavy (non-hydrogen) atoms. The summed E-state index contributed by atoms with van der Waals surface area (Å²) in [6.45, 7) is 3.61. The summed E-state index contributed by atoms with van der Waals surface area (Å²) in [6.07, 6.45) is 0. The Labute approximate surface area is 247 Å². The van der Waals surface area contributed by atoms with Gasteiger partial charge in [0.2, 0.25) is 11.6 Å². The molecule has 5 rings (SSSR count). The van der Waals surface area contributed by atoms with E-state index in [9.17, 15) is 14.7 Å². The van der Waals surface area contributed by atoms with Gasteiger partial charge in [-0.2, -0.15) is 13.8 Å². The molecule has 1 aliphatic heterocycles. The van der Waals surface area contributed by atoms with E-state index in [0.29, 0.717) is 25.2 Å². The molecular weight excluding hydrogens is 558 g/mol.